The van der Waals surface area contributed by atoms with Gasteiger partial charge in [0.15, 0.2) is 0 Å². The van der Waals surface area contributed by atoms with E-state index >= 15 is 0 Å². The predicted molar refractivity (Wildman–Crippen MR) is 144 cm³/mol. The molecule has 1 amide bonds. The minimum absolute atomic E-state index is 0.0259. The Morgan fingerprint density at radius 3 is 2.64 bits per heavy atom. The molecular weight excluding hydrogens is 502 g/mol. The van der Waals surface area contributed by atoms with E-state index in [2.05, 4.69) is 5.32 Å². The number of hydrogen-bond donors (Lipinski definition) is 2. The van der Waals surface area contributed by atoms with Gasteiger partial charge in [0.2, 0.25) is 0 Å². The fourth-order valence-electron chi connectivity index (χ4n) is 5.76. The van der Waals surface area contributed by atoms with Gasteiger partial charge >= 0.3 is 0 Å². The highest BCUT2D eigenvalue weighted by Gasteiger charge is 2.39. The van der Waals surface area contributed by atoms with Gasteiger partial charge in [-0.1, -0.05) is 30.3 Å². The minimum Gasteiger partial charge on any atom is -0.384 e. The predicted octanol–water partition coefficient (Wildman–Crippen LogP) is 4.16. The molecule has 2 fully saturated rings. The Bertz CT molecular complexity index is 1250. The van der Waals surface area contributed by atoms with Gasteiger partial charge in [-0.25, -0.2) is 13.8 Å². The molecule has 2 N–H and O–H groups in total. The molecule has 2 saturated heterocycles. The van der Waals surface area contributed by atoms with Crippen LogP contribution < -0.4 is 5.32 Å². The van der Waals surface area contributed by atoms with Crippen LogP contribution in [0.25, 0.3) is 11.3 Å². The molecule has 0 spiro atoms. The molecule has 7 nitrogen and oxygen atoms in total. The normalized spacial score (nSPS) is 19.6. The maximum Gasteiger partial charge on any atom is 0.251 e. The molecule has 2 aliphatic heterocycles. The summed E-state index contributed by atoms with van der Waals surface area (Å²) in [5.74, 6) is -0.601. The summed E-state index contributed by atoms with van der Waals surface area (Å²) in [7, 11) is 0. The Labute approximate surface area is 227 Å². The van der Waals surface area contributed by atoms with Crippen LogP contribution >= 0.6 is 0 Å². The van der Waals surface area contributed by atoms with Crippen LogP contribution in [0.5, 0.6) is 0 Å². The van der Waals surface area contributed by atoms with Gasteiger partial charge in [0, 0.05) is 38.1 Å². The van der Waals surface area contributed by atoms with Crippen molar-refractivity contribution in [1.82, 2.24) is 19.8 Å². The van der Waals surface area contributed by atoms with E-state index in [1.54, 1.807) is 11.1 Å². The number of amides is 1. The summed E-state index contributed by atoms with van der Waals surface area (Å²) < 4.78 is 36.7. The van der Waals surface area contributed by atoms with Crippen molar-refractivity contribution in [3.05, 3.63) is 77.8 Å². The van der Waals surface area contributed by atoms with Crippen LogP contribution in [-0.4, -0.2) is 64.4 Å². The molecule has 1 unspecified atom stereocenters. The number of carbonyl (C=O) groups excluding carboxylic acids is 1. The Kier molecular flexibility index (Phi) is 8.69. The number of rotatable bonds is 9. The van der Waals surface area contributed by atoms with E-state index in [1.807, 2.05) is 34.9 Å². The SMILES string of the molecule is C[C@H](O)C(=O)N(C[C@H]1CCNC1)C(c1nc(-c2cc(F)ccc2F)cn1Cc1ccccc1)C1CCOCC1. The van der Waals surface area contributed by atoms with Crippen molar-refractivity contribution in [2.45, 2.75) is 44.9 Å². The van der Waals surface area contributed by atoms with Gasteiger partial charge in [-0.05, 0) is 74.9 Å². The molecule has 5 rings (SSSR count). The van der Waals surface area contributed by atoms with Crippen molar-refractivity contribution in [1.29, 1.82) is 0 Å². The largest absolute Gasteiger partial charge is 0.384 e. The lowest BCUT2D eigenvalue weighted by molar-refractivity contribution is -0.145. The number of nitrogens with zero attached hydrogens (tertiary/aromatic N) is 3. The lowest BCUT2D eigenvalue weighted by atomic mass is 9.88. The van der Waals surface area contributed by atoms with Crippen molar-refractivity contribution in [2.75, 3.05) is 32.8 Å². The average Bonchev–Trinajstić information content (AvgIpc) is 3.61. The van der Waals surface area contributed by atoms with E-state index in [0.29, 0.717) is 37.8 Å². The molecule has 2 aliphatic rings. The van der Waals surface area contributed by atoms with Gasteiger partial charge in [-0.3, -0.25) is 4.79 Å². The summed E-state index contributed by atoms with van der Waals surface area (Å²) >= 11 is 0. The molecule has 3 aromatic rings. The van der Waals surface area contributed by atoms with Crippen LogP contribution in [0.3, 0.4) is 0 Å². The van der Waals surface area contributed by atoms with Crippen molar-refractivity contribution < 1.29 is 23.4 Å². The third-order valence-corrected chi connectivity index (χ3v) is 7.78. The molecular formula is C30H36F2N4O3. The average molecular weight is 539 g/mol. The number of imidazole rings is 1. The summed E-state index contributed by atoms with van der Waals surface area (Å²) in [6.07, 6.45) is 2.94. The van der Waals surface area contributed by atoms with Crippen LogP contribution in [0.2, 0.25) is 0 Å². The summed E-state index contributed by atoms with van der Waals surface area (Å²) in [4.78, 5) is 20.3. The number of benzene rings is 2. The molecule has 3 heterocycles. The fraction of sp³-hybridized carbons (Fsp3) is 0.467. The Morgan fingerprint density at radius 2 is 1.95 bits per heavy atom. The van der Waals surface area contributed by atoms with Gasteiger partial charge in [-0.2, -0.15) is 0 Å². The van der Waals surface area contributed by atoms with E-state index in [4.69, 9.17) is 9.72 Å². The number of aromatic nitrogens is 2. The molecule has 1 aromatic heterocycles. The van der Waals surface area contributed by atoms with Crippen LogP contribution in [0, 0.1) is 23.5 Å². The van der Waals surface area contributed by atoms with Gasteiger partial charge in [0.1, 0.15) is 23.6 Å². The summed E-state index contributed by atoms with van der Waals surface area (Å²) in [5.41, 5.74) is 1.39. The first-order valence-corrected chi connectivity index (χ1v) is 13.7. The van der Waals surface area contributed by atoms with E-state index < -0.39 is 23.8 Å². The zero-order valence-electron chi connectivity index (χ0n) is 22.2. The monoisotopic (exact) mass is 538 g/mol. The van der Waals surface area contributed by atoms with Gasteiger partial charge < -0.3 is 24.6 Å². The maximum absolute atomic E-state index is 14.9. The van der Waals surface area contributed by atoms with Crippen LogP contribution in [-0.2, 0) is 16.1 Å². The molecule has 3 atom stereocenters. The van der Waals surface area contributed by atoms with E-state index in [1.165, 1.54) is 6.92 Å². The zero-order chi connectivity index (χ0) is 27.4. The van der Waals surface area contributed by atoms with Crippen molar-refractivity contribution >= 4 is 5.91 Å². The van der Waals surface area contributed by atoms with Crippen molar-refractivity contribution in [2.24, 2.45) is 11.8 Å². The second-order valence-electron chi connectivity index (χ2n) is 10.6. The number of nitrogens with one attached hydrogen (secondary N) is 1. The number of halogens is 2. The van der Waals surface area contributed by atoms with Gasteiger partial charge in [0.05, 0.1) is 11.7 Å². The second-order valence-corrected chi connectivity index (χ2v) is 10.6. The van der Waals surface area contributed by atoms with Gasteiger partial charge in [-0.15, -0.1) is 0 Å². The standard InChI is InChI=1S/C30H36F2N4O3/c1-20(37)30(38)36(18-22-9-12-33-16-22)28(23-10-13-39-14-11-23)29-34-27(25-15-24(31)7-8-26(25)32)19-35(29)17-21-5-3-2-4-6-21/h2-8,15,19-20,22-23,28,33,37H,9-14,16-18H2,1H3/t20-,22-,28?/m0/s1. The van der Waals surface area contributed by atoms with Crippen LogP contribution in [0.4, 0.5) is 8.78 Å². The first-order chi connectivity index (χ1) is 18.9. The lowest BCUT2D eigenvalue weighted by Gasteiger charge is -2.40. The molecule has 0 bridgehead atoms. The smallest absolute Gasteiger partial charge is 0.251 e. The quantitative estimate of drug-likeness (QED) is 0.428. The van der Waals surface area contributed by atoms with Crippen LogP contribution in [0.15, 0.2) is 54.7 Å². The van der Waals surface area contributed by atoms with Crippen LogP contribution in [0.1, 0.15) is 43.6 Å². The van der Waals surface area contributed by atoms with E-state index in [9.17, 15) is 18.7 Å². The topological polar surface area (TPSA) is 79.6 Å². The highest BCUT2D eigenvalue weighted by Crippen LogP contribution is 2.38. The second kappa shape index (κ2) is 12.4. The highest BCUT2D eigenvalue weighted by molar-refractivity contribution is 5.80. The molecule has 2 aromatic carbocycles. The Hall–Kier alpha value is -3.14. The summed E-state index contributed by atoms with van der Waals surface area (Å²) in [6.45, 7) is 5.22. The molecule has 39 heavy (non-hydrogen) atoms. The number of ether oxygens (including phenoxy) is 1. The molecule has 9 heteroatoms. The summed E-state index contributed by atoms with van der Waals surface area (Å²) in [5, 5.41) is 13.8. The molecule has 0 saturated carbocycles. The van der Waals surface area contributed by atoms with Crippen molar-refractivity contribution in [3.8, 4) is 11.3 Å². The number of aliphatic hydroxyl groups excluding tert-OH is 1. The van der Waals surface area contributed by atoms with Gasteiger partial charge in [0.25, 0.3) is 5.91 Å². The maximum atomic E-state index is 14.9. The molecule has 0 aliphatic carbocycles. The van der Waals surface area contributed by atoms with Crippen molar-refractivity contribution in [3.63, 3.8) is 0 Å². The highest BCUT2D eigenvalue weighted by atomic mass is 19.1. The first kappa shape index (κ1) is 27.4. The lowest BCUT2D eigenvalue weighted by Crippen LogP contribution is -2.47. The minimum atomic E-state index is -1.18. The van der Waals surface area contributed by atoms with E-state index in [-0.39, 0.29) is 23.3 Å². The number of carbonyl (C=O) groups is 1. The fourth-order valence-corrected chi connectivity index (χ4v) is 5.76. The van der Waals surface area contributed by atoms with E-state index in [0.717, 1.165) is 56.1 Å². The Morgan fingerprint density at radius 1 is 1.18 bits per heavy atom. The third kappa shape index (κ3) is 6.37. The summed E-state index contributed by atoms with van der Waals surface area (Å²) in [6, 6.07) is 12.7. The molecule has 0 radical (unpaired) electrons. The Balaban J connectivity index is 1.65. The number of hydrogen-bond acceptors (Lipinski definition) is 5. The number of aliphatic hydroxyl groups is 1. The third-order valence-electron chi connectivity index (χ3n) is 7.78. The first-order valence-electron chi connectivity index (χ1n) is 13.7. The zero-order valence-corrected chi connectivity index (χ0v) is 22.2. The molecule has 208 valence electrons.